The van der Waals surface area contributed by atoms with Crippen molar-refractivity contribution in [2.24, 2.45) is 5.92 Å². The van der Waals surface area contributed by atoms with E-state index in [-0.39, 0.29) is 24.8 Å². The van der Waals surface area contributed by atoms with Crippen LogP contribution in [0.25, 0.3) is 34.4 Å². The van der Waals surface area contributed by atoms with Crippen molar-refractivity contribution in [3.8, 4) is 22.3 Å². The van der Waals surface area contributed by atoms with Gasteiger partial charge in [0.05, 0.1) is 0 Å². The van der Waals surface area contributed by atoms with E-state index in [0.717, 1.165) is 12.3 Å². The second kappa shape index (κ2) is 15.2. The van der Waals surface area contributed by atoms with Crippen molar-refractivity contribution in [3.05, 3.63) is 129 Å². The van der Waals surface area contributed by atoms with Gasteiger partial charge >= 0.3 is 296 Å². The van der Waals surface area contributed by atoms with Crippen LogP contribution in [0.5, 0.6) is 0 Å². The van der Waals surface area contributed by atoms with Gasteiger partial charge in [0.1, 0.15) is 0 Å². The van der Waals surface area contributed by atoms with E-state index < -0.39 is 17.4 Å². The van der Waals surface area contributed by atoms with Crippen LogP contribution in [0, 0.1) is 5.92 Å². The zero-order valence-corrected chi connectivity index (χ0v) is 36.9. The number of fused-ring (bicyclic) bond motifs is 2. The Morgan fingerprint density at radius 1 is 0.640 bits per heavy atom. The van der Waals surface area contributed by atoms with Crippen LogP contribution < -0.4 is 0 Å². The number of allylic oxidation sites excluding steroid dienone is 2. The maximum atomic E-state index is 2.80. The SMILES string of the molecule is CCC1=Cc2c(-c3ccc(C4CCCCC4)cc3)cccc2[CH]1[Zr]([CH3])([CH3])(=[SiH2])[CH]1C(C(C)C)=Cc2c(-c3ccc(C(C)C)cc3)cccc21.Cl.Cl. The summed E-state index contributed by atoms with van der Waals surface area (Å²) in [6, 6.07) is 33.5. The monoisotopic (exact) mass is 798 g/mol. The van der Waals surface area contributed by atoms with E-state index in [4.69, 9.17) is 0 Å². The van der Waals surface area contributed by atoms with E-state index >= 15 is 0 Å². The van der Waals surface area contributed by atoms with Crippen molar-refractivity contribution in [2.75, 3.05) is 0 Å². The van der Waals surface area contributed by atoms with Crippen LogP contribution in [0.3, 0.4) is 0 Å². The Morgan fingerprint density at radius 2 is 1.16 bits per heavy atom. The molecule has 7 rings (SSSR count). The van der Waals surface area contributed by atoms with E-state index in [1.54, 1.807) is 27.8 Å². The molecule has 1 fully saturated rings. The number of rotatable bonds is 8. The summed E-state index contributed by atoms with van der Waals surface area (Å²) in [7, 11) is 0. The van der Waals surface area contributed by atoms with Crippen molar-refractivity contribution in [1.29, 1.82) is 0 Å². The molecule has 264 valence electrons. The Labute approximate surface area is 318 Å². The van der Waals surface area contributed by atoms with Crippen LogP contribution in [-0.4, -0.2) is 6.88 Å². The second-order valence-electron chi connectivity index (χ2n) is 17.0. The first-order valence-corrected chi connectivity index (χ1v) is 32.6. The molecular weight excluding hydrogens is 743 g/mol. The fourth-order valence-electron chi connectivity index (χ4n) is 9.96. The molecule has 0 aliphatic heterocycles. The van der Waals surface area contributed by atoms with Crippen LogP contribution >= 0.6 is 24.8 Å². The van der Waals surface area contributed by atoms with E-state index in [1.807, 2.05) is 0 Å². The molecule has 0 saturated heterocycles. The maximum absolute atomic E-state index is 3.69. The molecular formula is C46H58Cl2SiZr. The van der Waals surface area contributed by atoms with Crippen molar-refractivity contribution >= 4 is 43.8 Å². The quantitative estimate of drug-likeness (QED) is 0.156. The molecule has 0 nitrogen and oxygen atoms in total. The van der Waals surface area contributed by atoms with Gasteiger partial charge in [0.25, 0.3) is 0 Å². The first-order valence-electron chi connectivity index (χ1n) is 18.9. The molecule has 2 atom stereocenters. The molecule has 4 aromatic rings. The molecule has 0 N–H and O–H groups in total. The molecule has 50 heavy (non-hydrogen) atoms. The number of halogens is 2. The summed E-state index contributed by atoms with van der Waals surface area (Å²) in [5, 5.41) is 0. The van der Waals surface area contributed by atoms with Gasteiger partial charge in [-0.05, 0) is 0 Å². The van der Waals surface area contributed by atoms with Crippen LogP contribution in [0.15, 0.2) is 96.1 Å². The average molecular weight is 801 g/mol. The zero-order chi connectivity index (χ0) is 33.8. The van der Waals surface area contributed by atoms with Crippen molar-refractivity contribution in [3.63, 3.8) is 0 Å². The average Bonchev–Trinajstić information content (AvgIpc) is 3.70. The van der Waals surface area contributed by atoms with E-state index in [9.17, 15) is 0 Å². The van der Waals surface area contributed by atoms with Gasteiger partial charge in [0, 0.05) is 0 Å². The molecule has 4 aromatic carbocycles. The first kappa shape index (κ1) is 39.3. The van der Waals surface area contributed by atoms with Crippen LogP contribution in [0.4, 0.5) is 0 Å². The normalized spacial score (nSPS) is 19.0. The molecule has 0 spiro atoms. The minimum Gasteiger partial charge on any atom is -0.147 e. The predicted octanol–water partition coefficient (Wildman–Crippen LogP) is 14.0. The Kier molecular flexibility index (Phi) is 11.9. The van der Waals surface area contributed by atoms with Gasteiger partial charge in [-0.2, -0.15) is 0 Å². The molecule has 3 aliphatic carbocycles. The second-order valence-corrected chi connectivity index (χ2v) is 47.5. The predicted molar refractivity (Wildman–Crippen MR) is 225 cm³/mol. The number of hydrogen-bond donors (Lipinski definition) is 0. The standard InChI is InChI=1S/C23H25.C21H23.2CH3.2ClH.H2Si.Zr/c1-2-17-15-21-9-6-10-22(23(21)16-17)20-13-11-19(12-14-20)18-7-4-3-5-8-18;1-14(2)16-8-10-17(11-9-16)20-7-5-6-18-12-19(15(3)4)13-21(18)20;;;;;;/h6,9-16,18H,2-5,7-8H2,1H3;5-15H,1-4H3;2*1H3;2*1H;1H2;. The minimum atomic E-state index is -3.69. The van der Waals surface area contributed by atoms with Crippen molar-refractivity contribution < 1.29 is 17.4 Å². The first-order chi connectivity index (χ1) is 23.0. The van der Waals surface area contributed by atoms with Crippen LogP contribution in [0.1, 0.15) is 126 Å². The molecule has 2 unspecified atom stereocenters. The van der Waals surface area contributed by atoms with Gasteiger partial charge in [-0.1, -0.05) is 0 Å². The van der Waals surface area contributed by atoms with Gasteiger partial charge in [-0.3, -0.25) is 0 Å². The molecule has 0 aromatic heterocycles. The largest absolute Gasteiger partial charge is 0.147 e. The van der Waals surface area contributed by atoms with Crippen LogP contribution in [-0.2, 0) is 17.4 Å². The van der Waals surface area contributed by atoms with Gasteiger partial charge < -0.3 is 0 Å². The van der Waals surface area contributed by atoms with Gasteiger partial charge in [-0.15, -0.1) is 24.8 Å². The topological polar surface area (TPSA) is 0 Å². The Hall–Kier alpha value is -1.96. The third-order valence-corrected chi connectivity index (χ3v) is 29.8. The minimum absolute atomic E-state index is 0. The summed E-state index contributed by atoms with van der Waals surface area (Å²) in [4.78, 5) is 0. The summed E-state index contributed by atoms with van der Waals surface area (Å²) >= 11 is -3.69. The fourth-order valence-corrected chi connectivity index (χ4v) is 30.0. The molecule has 0 bridgehead atoms. The van der Waals surface area contributed by atoms with Gasteiger partial charge in [0.15, 0.2) is 0 Å². The van der Waals surface area contributed by atoms with Gasteiger partial charge in [0.2, 0.25) is 0 Å². The Morgan fingerprint density at radius 3 is 1.68 bits per heavy atom. The summed E-state index contributed by atoms with van der Waals surface area (Å²) in [5.74, 6) is 1.81. The van der Waals surface area contributed by atoms with E-state index in [1.165, 1.54) is 71.0 Å². The maximum Gasteiger partial charge on any atom is -0.147 e. The van der Waals surface area contributed by atoms with Crippen molar-refractivity contribution in [2.45, 2.75) is 101 Å². The number of hydrogen-bond acceptors (Lipinski definition) is 0. The fraction of sp³-hybridized carbons (Fsp3) is 0.391. The molecule has 1 saturated carbocycles. The molecule has 3 aliphatic rings. The Bertz CT molecular complexity index is 1970. The third kappa shape index (κ3) is 6.94. The smallest absolute Gasteiger partial charge is 0.147 e. The summed E-state index contributed by atoms with van der Waals surface area (Å²) in [5.41, 5.74) is 18.0. The zero-order valence-electron chi connectivity index (χ0n) is 31.4. The summed E-state index contributed by atoms with van der Waals surface area (Å²) in [6.45, 7) is 14.3. The van der Waals surface area contributed by atoms with Crippen LogP contribution in [0.2, 0.25) is 9.26 Å². The number of benzene rings is 4. The summed E-state index contributed by atoms with van der Waals surface area (Å²) in [6.07, 6.45) is 13.3. The molecule has 0 heterocycles. The van der Waals surface area contributed by atoms with E-state index in [2.05, 4.69) is 148 Å². The molecule has 4 heteroatoms. The summed E-state index contributed by atoms with van der Waals surface area (Å²) < 4.78 is 6.67. The van der Waals surface area contributed by atoms with Gasteiger partial charge in [-0.25, -0.2) is 0 Å². The molecule has 0 radical (unpaired) electrons. The van der Waals surface area contributed by atoms with Crippen molar-refractivity contribution in [1.82, 2.24) is 0 Å². The Balaban J connectivity index is 0.00000243. The molecule has 0 amide bonds. The van der Waals surface area contributed by atoms with E-state index in [0.29, 0.717) is 19.1 Å². The third-order valence-electron chi connectivity index (χ3n) is 12.4.